The Balaban J connectivity index is 1.77. The van der Waals surface area contributed by atoms with Crippen molar-refractivity contribution < 1.29 is 26.7 Å². The van der Waals surface area contributed by atoms with E-state index >= 15 is 0 Å². The normalized spacial score (nSPS) is 22.8. The van der Waals surface area contributed by atoms with Gasteiger partial charge in [0.05, 0.1) is 6.61 Å². The lowest BCUT2D eigenvalue weighted by atomic mass is 9.93. The zero-order valence-corrected chi connectivity index (χ0v) is 13.7. The van der Waals surface area contributed by atoms with Gasteiger partial charge >= 0.3 is 0 Å². The van der Waals surface area contributed by atoms with Gasteiger partial charge in [0.1, 0.15) is 17.7 Å². The highest BCUT2D eigenvalue weighted by Gasteiger charge is 2.37. The van der Waals surface area contributed by atoms with E-state index in [1.54, 1.807) is 0 Å². The van der Waals surface area contributed by atoms with Gasteiger partial charge in [0.15, 0.2) is 4.90 Å². The minimum Gasteiger partial charge on any atom is -0.366 e. The molecule has 1 aromatic rings. The van der Waals surface area contributed by atoms with E-state index in [0.29, 0.717) is 0 Å². The molecule has 3 rings (SSSR count). The van der Waals surface area contributed by atoms with Crippen LogP contribution in [0.4, 0.5) is 8.78 Å². The van der Waals surface area contributed by atoms with Gasteiger partial charge in [0.25, 0.3) is 5.91 Å². The van der Waals surface area contributed by atoms with E-state index in [1.165, 1.54) is 0 Å². The predicted molar refractivity (Wildman–Crippen MR) is 80.6 cm³/mol. The molecule has 2 fully saturated rings. The number of rotatable bonds is 4. The smallest absolute Gasteiger partial charge is 0.250 e. The van der Waals surface area contributed by atoms with Gasteiger partial charge in [0, 0.05) is 19.1 Å². The summed E-state index contributed by atoms with van der Waals surface area (Å²) in [6, 6.07) is 2.96. The molecule has 6 nitrogen and oxygen atoms in total. The third-order valence-corrected chi connectivity index (χ3v) is 6.21. The number of carbonyl (C=O) groups excluding carboxylic acids is 1. The molecule has 1 aliphatic heterocycles. The molecule has 1 aromatic carbocycles. The van der Waals surface area contributed by atoms with Gasteiger partial charge in [-0.1, -0.05) is 6.07 Å². The zero-order chi connectivity index (χ0) is 17.3. The molecule has 0 aromatic heterocycles. The lowest BCUT2D eigenvalue weighted by Gasteiger charge is -2.33. The van der Waals surface area contributed by atoms with Crippen molar-refractivity contribution in [3.8, 4) is 0 Å². The van der Waals surface area contributed by atoms with Gasteiger partial charge in [-0.2, -0.15) is 4.31 Å². The fraction of sp³-hybridized carbons (Fsp3) is 0.533. The second-order valence-corrected chi connectivity index (χ2v) is 7.78. The SMILES string of the molecule is O=C(NC1CCC1)[C@H]1CN(S(=O)(=O)c2c(F)cccc2F)CCO1. The predicted octanol–water partition coefficient (Wildman–Crippen LogP) is 1.02. The highest BCUT2D eigenvalue weighted by molar-refractivity contribution is 7.89. The molecule has 1 amide bonds. The Kier molecular flexibility index (Phi) is 4.84. The molecule has 0 radical (unpaired) electrons. The molecular weight excluding hydrogens is 342 g/mol. The third kappa shape index (κ3) is 3.28. The summed E-state index contributed by atoms with van der Waals surface area (Å²) in [6.07, 6.45) is 1.84. The van der Waals surface area contributed by atoms with E-state index in [2.05, 4.69) is 5.32 Å². The summed E-state index contributed by atoms with van der Waals surface area (Å²) in [4.78, 5) is 11.1. The summed E-state index contributed by atoms with van der Waals surface area (Å²) in [5, 5.41) is 2.79. The van der Waals surface area contributed by atoms with Crippen LogP contribution < -0.4 is 5.32 Å². The van der Waals surface area contributed by atoms with Crippen molar-refractivity contribution >= 4 is 15.9 Å². The van der Waals surface area contributed by atoms with Gasteiger partial charge in [-0.05, 0) is 31.4 Å². The van der Waals surface area contributed by atoms with Crippen LogP contribution in [0.25, 0.3) is 0 Å². The standard InChI is InChI=1S/C15H18F2N2O4S/c16-11-5-2-6-12(17)14(11)24(21,22)19-7-8-23-13(9-19)15(20)18-10-3-1-4-10/h2,5-6,10,13H,1,3-4,7-9H2,(H,18,20)/t13-/m1/s1. The van der Waals surface area contributed by atoms with Crippen LogP contribution >= 0.6 is 0 Å². The number of sulfonamides is 1. The first-order chi connectivity index (χ1) is 11.4. The van der Waals surface area contributed by atoms with E-state index in [0.717, 1.165) is 41.8 Å². The first-order valence-electron chi connectivity index (χ1n) is 7.76. The number of nitrogens with zero attached hydrogens (tertiary/aromatic N) is 1. The van der Waals surface area contributed by atoms with Crippen LogP contribution in [0.3, 0.4) is 0 Å². The molecule has 0 bridgehead atoms. The van der Waals surface area contributed by atoms with Crippen molar-refractivity contribution in [2.24, 2.45) is 0 Å². The van der Waals surface area contributed by atoms with Gasteiger partial charge in [-0.25, -0.2) is 17.2 Å². The maximum absolute atomic E-state index is 13.8. The molecule has 24 heavy (non-hydrogen) atoms. The first-order valence-corrected chi connectivity index (χ1v) is 9.20. The maximum atomic E-state index is 13.8. The number of hydrogen-bond acceptors (Lipinski definition) is 4. The zero-order valence-electron chi connectivity index (χ0n) is 12.9. The van der Waals surface area contributed by atoms with Crippen molar-refractivity contribution in [1.29, 1.82) is 0 Å². The molecule has 0 spiro atoms. The molecular formula is C15H18F2N2O4S. The number of amides is 1. The summed E-state index contributed by atoms with van der Waals surface area (Å²) < 4.78 is 59.0. The Hall–Kier alpha value is -1.58. The van der Waals surface area contributed by atoms with E-state index in [4.69, 9.17) is 4.74 Å². The van der Waals surface area contributed by atoms with E-state index in [1.807, 2.05) is 0 Å². The molecule has 1 aliphatic carbocycles. The molecule has 1 atom stereocenters. The average Bonchev–Trinajstić information content (AvgIpc) is 2.50. The number of halogens is 2. The lowest BCUT2D eigenvalue weighted by Crippen LogP contribution is -2.54. The second kappa shape index (κ2) is 6.73. The van der Waals surface area contributed by atoms with Crippen molar-refractivity contribution in [2.75, 3.05) is 19.7 Å². The molecule has 132 valence electrons. The lowest BCUT2D eigenvalue weighted by molar-refractivity contribution is -0.137. The van der Waals surface area contributed by atoms with Gasteiger partial charge in [-0.15, -0.1) is 0 Å². The molecule has 1 N–H and O–H groups in total. The van der Waals surface area contributed by atoms with E-state index in [9.17, 15) is 22.0 Å². The van der Waals surface area contributed by atoms with Crippen LogP contribution in [0.15, 0.2) is 23.1 Å². The monoisotopic (exact) mass is 360 g/mol. The Morgan fingerprint density at radius 3 is 2.50 bits per heavy atom. The minimum absolute atomic E-state index is 0.0158. The molecule has 1 saturated heterocycles. The van der Waals surface area contributed by atoms with Crippen LogP contribution in [0, 0.1) is 11.6 Å². The van der Waals surface area contributed by atoms with Crippen LogP contribution in [0.5, 0.6) is 0 Å². The summed E-state index contributed by atoms with van der Waals surface area (Å²) >= 11 is 0. The maximum Gasteiger partial charge on any atom is 0.250 e. The second-order valence-electron chi connectivity index (χ2n) is 5.91. The van der Waals surface area contributed by atoms with Gasteiger partial charge < -0.3 is 10.1 Å². The number of ether oxygens (including phenoxy) is 1. The first kappa shape index (κ1) is 17.2. The molecule has 9 heteroatoms. The Morgan fingerprint density at radius 1 is 1.25 bits per heavy atom. The van der Waals surface area contributed by atoms with Crippen LogP contribution in [-0.4, -0.2) is 50.5 Å². The Morgan fingerprint density at radius 2 is 1.92 bits per heavy atom. The Labute approximate surface area is 138 Å². The van der Waals surface area contributed by atoms with E-state index in [-0.39, 0.29) is 25.7 Å². The van der Waals surface area contributed by atoms with Gasteiger partial charge in [0.2, 0.25) is 10.0 Å². The van der Waals surface area contributed by atoms with Crippen molar-refractivity contribution in [3.63, 3.8) is 0 Å². The number of hydrogen-bond donors (Lipinski definition) is 1. The summed E-state index contributed by atoms with van der Waals surface area (Å²) in [5.41, 5.74) is 0. The third-order valence-electron chi connectivity index (χ3n) is 4.29. The number of carbonyl (C=O) groups is 1. The summed E-state index contributed by atoms with van der Waals surface area (Å²) in [7, 11) is -4.39. The fourth-order valence-electron chi connectivity index (χ4n) is 2.71. The van der Waals surface area contributed by atoms with Crippen molar-refractivity contribution in [1.82, 2.24) is 9.62 Å². The van der Waals surface area contributed by atoms with Crippen LogP contribution in [0.1, 0.15) is 19.3 Å². The Bertz CT molecular complexity index is 717. The quantitative estimate of drug-likeness (QED) is 0.870. The molecule has 2 aliphatic rings. The molecule has 1 saturated carbocycles. The van der Waals surface area contributed by atoms with Crippen molar-refractivity contribution in [2.45, 2.75) is 36.3 Å². The summed E-state index contributed by atoms with van der Waals surface area (Å²) in [6.45, 7) is -0.351. The fourth-order valence-corrected chi connectivity index (χ4v) is 4.24. The van der Waals surface area contributed by atoms with Crippen LogP contribution in [0.2, 0.25) is 0 Å². The highest BCUT2D eigenvalue weighted by Crippen LogP contribution is 2.24. The molecule has 0 unspecified atom stereocenters. The average molecular weight is 360 g/mol. The van der Waals surface area contributed by atoms with Crippen LogP contribution in [-0.2, 0) is 19.6 Å². The largest absolute Gasteiger partial charge is 0.366 e. The number of nitrogens with one attached hydrogen (secondary N) is 1. The van der Waals surface area contributed by atoms with Gasteiger partial charge in [-0.3, -0.25) is 4.79 Å². The summed E-state index contributed by atoms with van der Waals surface area (Å²) in [5.74, 6) is -2.71. The number of benzene rings is 1. The minimum atomic E-state index is -4.39. The van der Waals surface area contributed by atoms with E-state index < -0.39 is 38.6 Å². The van der Waals surface area contributed by atoms with Crippen molar-refractivity contribution in [3.05, 3.63) is 29.8 Å². The highest BCUT2D eigenvalue weighted by atomic mass is 32.2. The number of morpholine rings is 1. The molecule has 1 heterocycles. The topological polar surface area (TPSA) is 75.7 Å².